The number of ether oxygens (including phenoxy) is 3. The Morgan fingerprint density at radius 2 is 1.67 bits per heavy atom. The van der Waals surface area contributed by atoms with E-state index in [2.05, 4.69) is 15.8 Å². The maximum Gasteiger partial charge on any atom is 0.271 e. The summed E-state index contributed by atoms with van der Waals surface area (Å²) in [7, 11) is 1.51. The fourth-order valence-electron chi connectivity index (χ4n) is 2.89. The lowest BCUT2D eigenvalue weighted by atomic mass is 10.2. The van der Waals surface area contributed by atoms with Crippen LogP contribution in [0.3, 0.4) is 0 Å². The van der Waals surface area contributed by atoms with Gasteiger partial charge in [-0.15, -0.1) is 0 Å². The number of carbonyl (C=O) groups is 2. The lowest BCUT2D eigenvalue weighted by Gasteiger charge is -2.10. The van der Waals surface area contributed by atoms with Gasteiger partial charge in [0, 0.05) is 16.8 Å². The summed E-state index contributed by atoms with van der Waals surface area (Å²) in [6, 6.07) is 21.1. The van der Waals surface area contributed by atoms with Gasteiger partial charge in [0.15, 0.2) is 18.1 Å². The second-order valence-electron chi connectivity index (χ2n) is 6.74. The summed E-state index contributed by atoms with van der Waals surface area (Å²) in [5, 5.41) is 6.77. The van der Waals surface area contributed by atoms with Gasteiger partial charge in [0.2, 0.25) is 0 Å². The van der Waals surface area contributed by atoms with Crippen LogP contribution in [0, 0.1) is 0 Å². The second-order valence-corrected chi connectivity index (χ2v) is 6.74. The van der Waals surface area contributed by atoms with Gasteiger partial charge in [-0.05, 0) is 49.4 Å². The first kappa shape index (κ1) is 23.3. The number of hydrogen-bond donors (Lipinski definition) is 2. The molecule has 0 atom stereocenters. The lowest BCUT2D eigenvalue weighted by Crippen LogP contribution is -2.20. The van der Waals surface area contributed by atoms with Crippen LogP contribution >= 0.6 is 0 Å². The number of hydrazone groups is 1. The molecule has 0 aliphatic rings. The van der Waals surface area contributed by atoms with E-state index in [4.69, 9.17) is 14.2 Å². The Morgan fingerprint density at radius 3 is 2.42 bits per heavy atom. The van der Waals surface area contributed by atoms with Gasteiger partial charge in [-0.3, -0.25) is 9.59 Å². The first-order valence-electron chi connectivity index (χ1n) is 10.3. The van der Waals surface area contributed by atoms with Crippen LogP contribution in [0.15, 0.2) is 77.9 Å². The summed E-state index contributed by atoms with van der Waals surface area (Å²) in [6.07, 6.45) is 1.45. The van der Waals surface area contributed by atoms with Crippen LogP contribution in [0.2, 0.25) is 0 Å². The van der Waals surface area contributed by atoms with Crippen molar-refractivity contribution in [1.82, 2.24) is 5.43 Å². The topological polar surface area (TPSA) is 98.3 Å². The lowest BCUT2D eigenvalue weighted by molar-refractivity contribution is -0.118. The molecular formula is C25H25N3O5. The van der Waals surface area contributed by atoms with Crippen LogP contribution in [0.4, 0.5) is 5.69 Å². The van der Waals surface area contributed by atoms with Crippen LogP contribution in [-0.4, -0.2) is 38.4 Å². The molecule has 2 N–H and O–H groups in total. The molecule has 0 bridgehead atoms. The number of anilines is 1. The summed E-state index contributed by atoms with van der Waals surface area (Å²) in [6.45, 7) is 2.19. The van der Waals surface area contributed by atoms with Crippen molar-refractivity contribution in [2.75, 3.05) is 25.6 Å². The van der Waals surface area contributed by atoms with Crippen molar-refractivity contribution < 1.29 is 23.8 Å². The molecule has 0 unspecified atom stereocenters. The quantitative estimate of drug-likeness (QED) is 0.363. The highest BCUT2D eigenvalue weighted by atomic mass is 16.5. The zero-order chi connectivity index (χ0) is 23.5. The van der Waals surface area contributed by atoms with Crippen molar-refractivity contribution in [2.24, 2.45) is 5.10 Å². The summed E-state index contributed by atoms with van der Waals surface area (Å²) < 4.78 is 16.4. The fourth-order valence-corrected chi connectivity index (χ4v) is 2.89. The molecule has 0 radical (unpaired) electrons. The number of rotatable bonds is 10. The van der Waals surface area contributed by atoms with Crippen molar-refractivity contribution in [2.45, 2.75) is 6.92 Å². The van der Waals surface area contributed by atoms with E-state index in [9.17, 15) is 9.59 Å². The van der Waals surface area contributed by atoms with Gasteiger partial charge in [0.25, 0.3) is 11.8 Å². The number of hydrogen-bond acceptors (Lipinski definition) is 6. The molecular weight excluding hydrogens is 422 g/mol. The van der Waals surface area contributed by atoms with Crippen molar-refractivity contribution in [3.8, 4) is 17.2 Å². The van der Waals surface area contributed by atoms with Crippen molar-refractivity contribution in [3.05, 3.63) is 83.9 Å². The van der Waals surface area contributed by atoms with Crippen molar-refractivity contribution >= 4 is 23.7 Å². The SMILES string of the molecule is CCOc1ccc(C(=O)N/N=C/c2ccccc2OCC(=O)Nc2ccccc2)cc1OC. The zero-order valence-corrected chi connectivity index (χ0v) is 18.4. The molecule has 170 valence electrons. The minimum absolute atomic E-state index is 0.169. The number of benzene rings is 3. The fraction of sp³-hybridized carbons (Fsp3) is 0.160. The molecule has 0 heterocycles. The summed E-state index contributed by atoms with van der Waals surface area (Å²) in [4.78, 5) is 24.6. The highest BCUT2D eigenvalue weighted by Gasteiger charge is 2.11. The van der Waals surface area contributed by atoms with Gasteiger partial charge >= 0.3 is 0 Å². The molecule has 0 saturated carbocycles. The molecule has 8 nitrogen and oxygen atoms in total. The van der Waals surface area contributed by atoms with Crippen molar-refractivity contribution in [3.63, 3.8) is 0 Å². The van der Waals surface area contributed by atoms with E-state index in [-0.39, 0.29) is 12.5 Å². The number of methoxy groups -OCH3 is 1. The molecule has 3 aromatic rings. The average Bonchev–Trinajstić information content (AvgIpc) is 2.84. The monoisotopic (exact) mass is 447 g/mol. The molecule has 0 fully saturated rings. The number of carbonyl (C=O) groups excluding carboxylic acids is 2. The third kappa shape index (κ3) is 6.83. The van der Waals surface area contributed by atoms with E-state index >= 15 is 0 Å². The highest BCUT2D eigenvalue weighted by Crippen LogP contribution is 2.28. The largest absolute Gasteiger partial charge is 0.493 e. The number of nitrogens with one attached hydrogen (secondary N) is 2. The Hall–Kier alpha value is -4.33. The van der Waals surface area contributed by atoms with Gasteiger partial charge in [-0.25, -0.2) is 5.43 Å². The third-order valence-electron chi connectivity index (χ3n) is 4.43. The first-order chi connectivity index (χ1) is 16.1. The smallest absolute Gasteiger partial charge is 0.271 e. The van der Waals surface area contributed by atoms with E-state index < -0.39 is 5.91 Å². The summed E-state index contributed by atoms with van der Waals surface area (Å²) in [5.74, 6) is 0.781. The van der Waals surface area contributed by atoms with Gasteiger partial charge < -0.3 is 19.5 Å². The van der Waals surface area contributed by atoms with Gasteiger partial charge in [-0.2, -0.15) is 5.10 Å². The molecule has 3 rings (SSSR count). The Labute approximate surface area is 192 Å². The predicted molar refractivity (Wildman–Crippen MR) is 126 cm³/mol. The normalized spacial score (nSPS) is 10.5. The molecule has 3 aromatic carbocycles. The highest BCUT2D eigenvalue weighted by molar-refractivity contribution is 5.96. The standard InChI is InChI=1S/C25H25N3O5/c1-3-32-22-14-13-18(15-23(22)31-2)25(30)28-26-16-19-9-7-8-12-21(19)33-17-24(29)27-20-10-5-4-6-11-20/h4-16H,3,17H2,1-2H3,(H,27,29)(H,28,30)/b26-16+. The van der Waals surface area contributed by atoms with Crippen LogP contribution in [0.1, 0.15) is 22.8 Å². The van der Waals surface area contributed by atoms with Gasteiger partial charge in [-0.1, -0.05) is 30.3 Å². The molecule has 0 saturated heterocycles. The van der Waals surface area contributed by atoms with E-state index in [1.165, 1.54) is 13.3 Å². The predicted octanol–water partition coefficient (Wildman–Crippen LogP) is 3.88. The Kier molecular flexibility index (Phi) is 8.41. The Bertz CT molecular complexity index is 1120. The van der Waals surface area contributed by atoms with E-state index in [1.807, 2.05) is 25.1 Å². The van der Waals surface area contributed by atoms with Gasteiger partial charge in [0.1, 0.15) is 5.75 Å². The molecule has 2 amide bonds. The molecule has 33 heavy (non-hydrogen) atoms. The number of amides is 2. The Balaban J connectivity index is 1.59. The summed E-state index contributed by atoms with van der Waals surface area (Å²) in [5.41, 5.74) is 4.14. The van der Waals surface area contributed by atoms with Crippen LogP contribution in [0.25, 0.3) is 0 Å². The maximum absolute atomic E-state index is 12.4. The van der Waals surface area contributed by atoms with Crippen LogP contribution in [-0.2, 0) is 4.79 Å². The van der Waals surface area contributed by atoms with Crippen molar-refractivity contribution in [1.29, 1.82) is 0 Å². The average molecular weight is 447 g/mol. The van der Waals surface area contributed by atoms with E-state index in [1.54, 1.807) is 54.6 Å². The Morgan fingerprint density at radius 1 is 0.909 bits per heavy atom. The van der Waals surface area contributed by atoms with Crippen LogP contribution < -0.4 is 25.0 Å². The second kappa shape index (κ2) is 11.9. The van der Waals surface area contributed by atoms with E-state index in [0.717, 1.165) is 0 Å². The molecule has 0 aliphatic carbocycles. The first-order valence-corrected chi connectivity index (χ1v) is 10.3. The molecule has 0 spiro atoms. The zero-order valence-electron chi connectivity index (χ0n) is 18.4. The van der Waals surface area contributed by atoms with E-state index in [0.29, 0.717) is 40.7 Å². The number of nitrogens with zero attached hydrogens (tertiary/aromatic N) is 1. The number of para-hydroxylation sites is 2. The van der Waals surface area contributed by atoms with Gasteiger partial charge in [0.05, 0.1) is 19.9 Å². The maximum atomic E-state index is 12.4. The minimum Gasteiger partial charge on any atom is -0.493 e. The third-order valence-corrected chi connectivity index (χ3v) is 4.43. The summed E-state index contributed by atoms with van der Waals surface area (Å²) >= 11 is 0. The molecule has 0 aliphatic heterocycles. The van der Waals surface area contributed by atoms with Crippen LogP contribution in [0.5, 0.6) is 17.2 Å². The minimum atomic E-state index is -0.409. The molecule has 0 aromatic heterocycles. The molecule has 8 heteroatoms.